The molecule has 0 atom stereocenters. The van der Waals surface area contributed by atoms with Crippen LogP contribution in [0.2, 0.25) is 0 Å². The Bertz CT molecular complexity index is 1160. The van der Waals surface area contributed by atoms with Crippen LogP contribution in [0.4, 0.5) is 59.7 Å². The number of hydrogen-bond donors (Lipinski definition) is 2. The minimum atomic E-state index is -5.80. The van der Waals surface area contributed by atoms with E-state index in [0.29, 0.717) is 12.1 Å². The van der Waals surface area contributed by atoms with E-state index in [1.165, 1.54) is 0 Å². The van der Waals surface area contributed by atoms with Crippen LogP contribution in [0, 0.1) is 29.1 Å². The molecule has 3 aromatic carbocycles. The van der Waals surface area contributed by atoms with Crippen LogP contribution in [0.1, 0.15) is 11.1 Å². The maximum Gasteiger partial charge on any atom is 0.422 e. The molecule has 0 unspecified atom stereocenters. The molecule has 0 fully saturated rings. The number of anilines is 2. The van der Waals surface area contributed by atoms with Crippen molar-refractivity contribution in [3.8, 4) is 23.0 Å². The monoisotopic (exact) mass is 518 g/mol. The molecule has 0 aromatic heterocycles. The Morgan fingerprint density at radius 3 is 1.14 bits per heavy atom. The highest BCUT2D eigenvalue weighted by Crippen LogP contribution is 2.49. The summed E-state index contributed by atoms with van der Waals surface area (Å²) in [6, 6.07) is 1.26. The Kier molecular flexibility index (Phi) is 6.39. The number of nitrogen functional groups attached to an aromatic ring is 2. The lowest BCUT2D eigenvalue weighted by molar-refractivity contribution is -0.148. The van der Waals surface area contributed by atoms with Crippen molar-refractivity contribution in [1.82, 2.24) is 0 Å². The van der Waals surface area contributed by atoms with Crippen molar-refractivity contribution >= 4 is 11.4 Å². The maximum absolute atomic E-state index is 14.7. The molecule has 0 radical (unpaired) electrons. The molecule has 0 saturated heterocycles. The molecule has 0 aliphatic rings. The van der Waals surface area contributed by atoms with E-state index in [2.05, 4.69) is 0 Å². The first kappa shape index (κ1) is 25.7. The third-order valence-corrected chi connectivity index (χ3v) is 4.28. The molecule has 0 spiro atoms. The Hall–Kier alpha value is -3.91. The molecule has 0 amide bonds. The molecule has 4 N–H and O–H groups in total. The fourth-order valence-corrected chi connectivity index (χ4v) is 2.83. The molecular weight excluding hydrogens is 509 g/mol. The van der Waals surface area contributed by atoms with Gasteiger partial charge >= 0.3 is 12.4 Å². The first-order valence-electron chi connectivity index (χ1n) is 8.86. The zero-order chi connectivity index (χ0) is 26.5. The van der Waals surface area contributed by atoms with Gasteiger partial charge in [0.05, 0.1) is 11.4 Å². The van der Waals surface area contributed by atoms with Gasteiger partial charge < -0.3 is 20.9 Å². The highest BCUT2D eigenvalue weighted by Gasteiger charge is 2.47. The Morgan fingerprint density at radius 1 is 0.514 bits per heavy atom. The fraction of sp³-hybridized carbons (Fsp3) is 0.100. The number of nitrogens with two attached hydrogens (primary N) is 2. The zero-order valence-electron chi connectivity index (χ0n) is 16.5. The second-order valence-corrected chi connectivity index (χ2v) is 6.75. The molecule has 0 aliphatic carbocycles. The summed E-state index contributed by atoms with van der Waals surface area (Å²) in [5, 5.41) is 0. The molecule has 3 aromatic rings. The third kappa shape index (κ3) is 5.12. The first-order chi connectivity index (χ1) is 16.0. The highest BCUT2D eigenvalue weighted by molar-refractivity contribution is 5.55. The summed E-state index contributed by atoms with van der Waals surface area (Å²) in [6.45, 7) is 0. The number of alkyl halides is 6. The summed E-state index contributed by atoms with van der Waals surface area (Å²) in [4.78, 5) is 0. The number of halogens is 11. The van der Waals surface area contributed by atoms with E-state index in [1.807, 2.05) is 0 Å². The fourth-order valence-electron chi connectivity index (χ4n) is 2.83. The number of hydrogen-bond acceptors (Lipinski definition) is 4. The number of benzene rings is 3. The summed E-state index contributed by atoms with van der Waals surface area (Å²) in [7, 11) is 0. The van der Waals surface area contributed by atoms with E-state index in [4.69, 9.17) is 20.9 Å². The van der Waals surface area contributed by atoms with E-state index in [0.717, 1.165) is 0 Å². The average molecular weight is 518 g/mol. The maximum atomic E-state index is 14.7. The van der Waals surface area contributed by atoms with Gasteiger partial charge in [-0.3, -0.25) is 0 Å². The van der Waals surface area contributed by atoms with Crippen molar-refractivity contribution in [2.24, 2.45) is 0 Å². The molecule has 35 heavy (non-hydrogen) atoms. The minimum Gasteiger partial charge on any atom is -0.456 e. The van der Waals surface area contributed by atoms with Gasteiger partial charge in [-0.25, -0.2) is 22.0 Å². The second kappa shape index (κ2) is 8.70. The smallest absolute Gasteiger partial charge is 0.422 e. The molecule has 0 aliphatic heterocycles. The zero-order valence-corrected chi connectivity index (χ0v) is 16.5. The summed E-state index contributed by atoms with van der Waals surface area (Å²) < 4.78 is 159. The summed E-state index contributed by atoms with van der Waals surface area (Å²) >= 11 is 0. The summed E-state index contributed by atoms with van der Waals surface area (Å²) in [5.41, 5.74) is 3.22. The largest absolute Gasteiger partial charge is 0.456 e. The van der Waals surface area contributed by atoms with E-state index in [1.54, 1.807) is 0 Å². The number of ether oxygens (including phenoxy) is 2. The molecule has 0 saturated carbocycles. The van der Waals surface area contributed by atoms with E-state index in [-0.39, 0.29) is 18.2 Å². The van der Waals surface area contributed by atoms with Crippen LogP contribution >= 0.6 is 0 Å². The van der Waals surface area contributed by atoms with Crippen LogP contribution in [-0.4, -0.2) is 0 Å². The molecule has 0 heterocycles. The normalized spacial score (nSPS) is 12.1. The van der Waals surface area contributed by atoms with E-state index in [9.17, 15) is 48.3 Å². The van der Waals surface area contributed by atoms with Crippen molar-refractivity contribution in [2.45, 2.75) is 12.4 Å². The predicted octanol–water partition coefficient (Wildman–Crippen LogP) is 7.17. The van der Waals surface area contributed by atoms with Crippen molar-refractivity contribution in [2.75, 3.05) is 11.5 Å². The van der Waals surface area contributed by atoms with E-state index >= 15 is 0 Å². The van der Waals surface area contributed by atoms with Crippen LogP contribution in [0.25, 0.3) is 0 Å². The molecule has 188 valence electrons. The van der Waals surface area contributed by atoms with Crippen LogP contribution in [0.3, 0.4) is 0 Å². The Morgan fingerprint density at radius 2 is 0.857 bits per heavy atom. The first-order valence-corrected chi connectivity index (χ1v) is 8.86. The molecule has 3 rings (SSSR count). The quantitative estimate of drug-likeness (QED) is 0.284. The van der Waals surface area contributed by atoms with Crippen LogP contribution in [0.5, 0.6) is 23.0 Å². The topological polar surface area (TPSA) is 70.5 Å². The highest BCUT2D eigenvalue weighted by atomic mass is 19.4. The molecule has 4 nitrogen and oxygen atoms in total. The second-order valence-electron chi connectivity index (χ2n) is 6.75. The molecule has 0 bridgehead atoms. The van der Waals surface area contributed by atoms with Crippen molar-refractivity contribution in [3.63, 3.8) is 0 Å². The van der Waals surface area contributed by atoms with Gasteiger partial charge in [0, 0.05) is 30.3 Å². The molecule has 15 heteroatoms. The standard InChI is InChI=1S/C20H9F11N2O2/c21-8-1-6(3-10(32)16(8)23)34-12-5-13(35-7-2-9(22)17(24)11(33)4-7)15(20(29,30)31)18(25)14(12)19(26,27)28/h1-5H,32-33H2. The van der Waals surface area contributed by atoms with Crippen LogP contribution in [0.15, 0.2) is 30.3 Å². The predicted molar refractivity (Wildman–Crippen MR) is 98.1 cm³/mol. The van der Waals surface area contributed by atoms with Gasteiger partial charge in [0.1, 0.15) is 34.1 Å². The number of rotatable bonds is 4. The van der Waals surface area contributed by atoms with Crippen LogP contribution < -0.4 is 20.9 Å². The lowest BCUT2D eigenvalue weighted by Crippen LogP contribution is -2.18. The van der Waals surface area contributed by atoms with Crippen molar-refractivity contribution in [1.29, 1.82) is 0 Å². The lowest BCUT2D eigenvalue weighted by atomic mass is 10.1. The van der Waals surface area contributed by atoms with Gasteiger partial charge in [0.25, 0.3) is 0 Å². The van der Waals surface area contributed by atoms with Gasteiger partial charge in [0.15, 0.2) is 29.1 Å². The summed E-state index contributed by atoms with van der Waals surface area (Å²) in [6.07, 6.45) is -11.6. The van der Waals surface area contributed by atoms with Gasteiger partial charge in [-0.2, -0.15) is 26.3 Å². The molecular formula is C20H9F11N2O2. The van der Waals surface area contributed by atoms with Gasteiger partial charge in [-0.05, 0) is 0 Å². The van der Waals surface area contributed by atoms with Crippen molar-refractivity contribution in [3.05, 3.63) is 70.5 Å². The van der Waals surface area contributed by atoms with Crippen LogP contribution in [-0.2, 0) is 12.4 Å². The van der Waals surface area contributed by atoms with Gasteiger partial charge in [-0.1, -0.05) is 0 Å². The van der Waals surface area contributed by atoms with Gasteiger partial charge in [0.2, 0.25) is 0 Å². The van der Waals surface area contributed by atoms with Gasteiger partial charge in [-0.15, -0.1) is 0 Å². The SMILES string of the molecule is Nc1cc(Oc2cc(Oc3cc(N)c(F)c(F)c3)c(C(F)(F)F)c(F)c2C(F)(F)F)cc(F)c1F. The van der Waals surface area contributed by atoms with Crippen molar-refractivity contribution < 1.29 is 57.8 Å². The summed E-state index contributed by atoms with van der Waals surface area (Å²) in [5.74, 6) is -14.8. The minimum absolute atomic E-state index is 0.0797. The Balaban J connectivity index is 2.27. The Labute approximate surface area is 187 Å². The van der Waals surface area contributed by atoms with E-state index < -0.39 is 86.9 Å². The lowest BCUT2D eigenvalue weighted by Gasteiger charge is -2.21. The average Bonchev–Trinajstić information content (AvgIpc) is 2.67. The third-order valence-electron chi connectivity index (χ3n) is 4.28.